The molecule has 0 heteroatoms. The maximum atomic E-state index is 3.54. The van der Waals surface area contributed by atoms with E-state index in [2.05, 4.69) is 67.9 Å². The maximum Gasteiger partial charge on any atom is 0.0128 e. The zero-order chi connectivity index (χ0) is 11.6. The maximum absolute atomic E-state index is 3.54. The second-order valence-electron chi connectivity index (χ2n) is 6.55. The van der Waals surface area contributed by atoms with Crippen molar-refractivity contribution in [1.29, 1.82) is 0 Å². The molecule has 0 aromatic rings. The van der Waals surface area contributed by atoms with Gasteiger partial charge in [0.05, 0.1) is 0 Å². The summed E-state index contributed by atoms with van der Waals surface area (Å²) in [6.45, 7) is 18.0. The summed E-state index contributed by atoms with van der Waals surface area (Å²) in [5.74, 6) is 0.491. The molecule has 0 fully saturated rings. The topological polar surface area (TPSA) is 0 Å². The molecule has 0 heterocycles. The molecule has 0 amide bonds. The van der Waals surface area contributed by atoms with Crippen LogP contribution in [-0.2, 0) is 0 Å². The molecule has 0 aliphatic heterocycles. The SMILES string of the molecule is CC(C)=C[C]C(C(C)(C)C)C(C)(C)C. The summed E-state index contributed by atoms with van der Waals surface area (Å²) in [6, 6.07) is 0. The van der Waals surface area contributed by atoms with Gasteiger partial charge in [0.15, 0.2) is 0 Å². The Labute approximate surface area is 90.8 Å². The number of hydrogen-bond donors (Lipinski definition) is 0. The highest BCUT2D eigenvalue weighted by Gasteiger charge is 2.34. The molecule has 0 N–H and O–H groups in total. The van der Waals surface area contributed by atoms with E-state index in [-0.39, 0.29) is 10.8 Å². The quantitative estimate of drug-likeness (QED) is 0.595. The number of rotatable bonds is 2. The molecule has 0 aliphatic carbocycles. The van der Waals surface area contributed by atoms with Gasteiger partial charge in [-0.3, -0.25) is 0 Å². The van der Waals surface area contributed by atoms with E-state index in [0.29, 0.717) is 5.92 Å². The van der Waals surface area contributed by atoms with E-state index in [4.69, 9.17) is 0 Å². The van der Waals surface area contributed by atoms with Gasteiger partial charge in [-0.25, -0.2) is 0 Å². The molecule has 0 atom stereocenters. The van der Waals surface area contributed by atoms with Crippen molar-refractivity contribution in [2.45, 2.75) is 55.4 Å². The average Bonchev–Trinajstić information content (AvgIpc) is 1.78. The summed E-state index contributed by atoms with van der Waals surface area (Å²) in [7, 11) is 0. The first kappa shape index (κ1) is 13.7. The lowest BCUT2D eigenvalue weighted by molar-refractivity contribution is 0.137. The Morgan fingerprint density at radius 2 is 1.29 bits per heavy atom. The largest absolute Gasteiger partial charge is 0.0798 e. The first-order chi connectivity index (χ1) is 6.05. The summed E-state index contributed by atoms with van der Waals surface area (Å²) in [4.78, 5) is 0. The van der Waals surface area contributed by atoms with Crippen molar-refractivity contribution in [2.75, 3.05) is 0 Å². The second-order valence-corrected chi connectivity index (χ2v) is 6.55. The summed E-state index contributed by atoms with van der Waals surface area (Å²) in [5.41, 5.74) is 1.89. The molecule has 0 bridgehead atoms. The predicted octanol–water partition coefficient (Wildman–Crippen LogP) is 4.74. The minimum absolute atomic E-state index is 0.282. The summed E-state index contributed by atoms with van der Waals surface area (Å²) >= 11 is 0. The van der Waals surface area contributed by atoms with Gasteiger partial charge in [-0.05, 0) is 30.6 Å². The zero-order valence-corrected chi connectivity index (χ0v) is 11.2. The molecule has 14 heavy (non-hydrogen) atoms. The Kier molecular flexibility index (Phi) is 4.42. The molecule has 0 saturated carbocycles. The molecule has 2 radical (unpaired) electrons. The second kappa shape index (κ2) is 4.51. The van der Waals surface area contributed by atoms with E-state index in [1.807, 2.05) is 0 Å². The van der Waals surface area contributed by atoms with E-state index in [0.717, 1.165) is 0 Å². The third-order valence-corrected chi connectivity index (χ3v) is 2.27. The van der Waals surface area contributed by atoms with Crippen LogP contribution in [0.4, 0.5) is 0 Å². The lowest BCUT2D eigenvalue weighted by Crippen LogP contribution is -2.32. The fourth-order valence-electron chi connectivity index (χ4n) is 2.05. The van der Waals surface area contributed by atoms with Gasteiger partial charge in [0.25, 0.3) is 0 Å². The van der Waals surface area contributed by atoms with Gasteiger partial charge >= 0.3 is 0 Å². The summed E-state index contributed by atoms with van der Waals surface area (Å²) < 4.78 is 0. The minimum Gasteiger partial charge on any atom is -0.0798 e. The third-order valence-electron chi connectivity index (χ3n) is 2.27. The smallest absolute Gasteiger partial charge is 0.0128 e. The van der Waals surface area contributed by atoms with Gasteiger partial charge < -0.3 is 0 Å². The van der Waals surface area contributed by atoms with E-state index in [9.17, 15) is 0 Å². The highest BCUT2D eigenvalue weighted by Crippen LogP contribution is 2.41. The molecule has 0 aromatic heterocycles. The minimum atomic E-state index is 0.282. The molecule has 0 rings (SSSR count). The van der Waals surface area contributed by atoms with Crippen LogP contribution in [-0.4, -0.2) is 0 Å². The molecule has 0 nitrogen and oxygen atoms in total. The standard InChI is InChI=1S/C14H26/c1-11(2)9-10-12(13(3,4)5)14(6,7)8/h9,12H,1-8H3. The lowest BCUT2D eigenvalue weighted by Gasteiger charge is -2.40. The Balaban J connectivity index is 4.69. The van der Waals surface area contributed by atoms with Crippen LogP contribution in [0.15, 0.2) is 11.6 Å². The highest BCUT2D eigenvalue weighted by molar-refractivity contribution is 5.09. The Bertz CT molecular complexity index is 177. The van der Waals surface area contributed by atoms with Gasteiger partial charge in [-0.15, -0.1) is 0 Å². The predicted molar refractivity (Wildman–Crippen MR) is 65.1 cm³/mol. The Hall–Kier alpha value is -0.260. The van der Waals surface area contributed by atoms with E-state index < -0.39 is 0 Å². The molecule has 0 aliphatic rings. The van der Waals surface area contributed by atoms with Crippen molar-refractivity contribution >= 4 is 0 Å². The van der Waals surface area contributed by atoms with Crippen molar-refractivity contribution < 1.29 is 0 Å². The lowest BCUT2D eigenvalue weighted by atomic mass is 9.65. The first-order valence-electron chi connectivity index (χ1n) is 5.44. The van der Waals surface area contributed by atoms with Crippen molar-refractivity contribution in [3.8, 4) is 0 Å². The monoisotopic (exact) mass is 194 g/mol. The summed E-state index contributed by atoms with van der Waals surface area (Å²) in [6.07, 6.45) is 5.66. The van der Waals surface area contributed by atoms with E-state index >= 15 is 0 Å². The average molecular weight is 194 g/mol. The van der Waals surface area contributed by atoms with Crippen molar-refractivity contribution in [2.24, 2.45) is 16.7 Å². The molecule has 0 unspecified atom stereocenters. The third kappa shape index (κ3) is 4.83. The van der Waals surface area contributed by atoms with Crippen molar-refractivity contribution in [3.05, 3.63) is 18.1 Å². The van der Waals surface area contributed by atoms with Crippen LogP contribution in [0.2, 0.25) is 0 Å². The summed E-state index contributed by atoms with van der Waals surface area (Å²) in [5, 5.41) is 0. The van der Waals surface area contributed by atoms with E-state index in [1.165, 1.54) is 5.57 Å². The van der Waals surface area contributed by atoms with Gasteiger partial charge in [-0.2, -0.15) is 0 Å². The van der Waals surface area contributed by atoms with Crippen LogP contribution in [0.25, 0.3) is 0 Å². The number of hydrogen-bond acceptors (Lipinski definition) is 0. The Morgan fingerprint density at radius 1 is 0.929 bits per heavy atom. The van der Waals surface area contributed by atoms with Gasteiger partial charge in [0.1, 0.15) is 0 Å². The molecule has 0 spiro atoms. The fourth-order valence-corrected chi connectivity index (χ4v) is 2.05. The van der Waals surface area contributed by atoms with Crippen LogP contribution >= 0.6 is 0 Å². The Morgan fingerprint density at radius 3 is 1.50 bits per heavy atom. The number of allylic oxidation sites excluding steroid dienone is 2. The van der Waals surface area contributed by atoms with Gasteiger partial charge in [0, 0.05) is 6.42 Å². The van der Waals surface area contributed by atoms with Crippen LogP contribution in [0, 0.1) is 23.2 Å². The molecule has 0 saturated heterocycles. The van der Waals surface area contributed by atoms with Gasteiger partial charge in [-0.1, -0.05) is 53.2 Å². The first-order valence-corrected chi connectivity index (χ1v) is 5.44. The van der Waals surface area contributed by atoms with Crippen LogP contribution < -0.4 is 0 Å². The van der Waals surface area contributed by atoms with Gasteiger partial charge in [0.2, 0.25) is 0 Å². The molecular formula is C14H26. The van der Waals surface area contributed by atoms with Crippen LogP contribution in [0.3, 0.4) is 0 Å². The molecule has 82 valence electrons. The van der Waals surface area contributed by atoms with Crippen molar-refractivity contribution in [3.63, 3.8) is 0 Å². The zero-order valence-electron chi connectivity index (χ0n) is 11.2. The highest BCUT2D eigenvalue weighted by atomic mass is 14.4. The van der Waals surface area contributed by atoms with Crippen LogP contribution in [0.5, 0.6) is 0 Å². The molecular weight excluding hydrogens is 168 g/mol. The fraction of sp³-hybridized carbons (Fsp3) is 0.786. The van der Waals surface area contributed by atoms with Crippen molar-refractivity contribution in [1.82, 2.24) is 0 Å². The molecule has 0 aromatic carbocycles. The van der Waals surface area contributed by atoms with Crippen LogP contribution in [0.1, 0.15) is 55.4 Å². The van der Waals surface area contributed by atoms with E-state index in [1.54, 1.807) is 0 Å². The normalized spacial score (nSPS) is 13.2.